The van der Waals surface area contributed by atoms with Gasteiger partial charge in [-0.2, -0.15) is 0 Å². The van der Waals surface area contributed by atoms with E-state index in [1.165, 1.54) is 6.08 Å². The molecule has 6 nitrogen and oxygen atoms in total. The highest BCUT2D eigenvalue weighted by Gasteiger charge is 2.22. The quantitative estimate of drug-likeness (QED) is 0.441. The van der Waals surface area contributed by atoms with Crippen molar-refractivity contribution in [3.63, 3.8) is 0 Å². The third kappa shape index (κ3) is 6.02. The number of esters is 2. The third-order valence-electron chi connectivity index (χ3n) is 2.91. The predicted octanol–water partition coefficient (Wildman–Crippen LogP) is 1.86. The van der Waals surface area contributed by atoms with E-state index in [2.05, 4.69) is 0 Å². The summed E-state index contributed by atoms with van der Waals surface area (Å²) in [6.07, 6.45) is 1.41. The van der Waals surface area contributed by atoms with Crippen LogP contribution in [-0.4, -0.2) is 51.6 Å². The van der Waals surface area contributed by atoms with Gasteiger partial charge in [0.1, 0.15) is 18.8 Å². The van der Waals surface area contributed by atoms with Crippen LogP contribution in [0.3, 0.4) is 0 Å². The summed E-state index contributed by atoms with van der Waals surface area (Å²) < 4.78 is 20.5. The molecular formula is C16H17ClO6. The fourth-order valence-electron chi connectivity index (χ4n) is 1.79. The van der Waals surface area contributed by atoms with E-state index in [1.54, 1.807) is 24.3 Å². The summed E-state index contributed by atoms with van der Waals surface area (Å²) in [5.74, 6) is -1.51. The van der Waals surface area contributed by atoms with Crippen molar-refractivity contribution in [1.82, 2.24) is 0 Å². The van der Waals surface area contributed by atoms with Gasteiger partial charge in [-0.1, -0.05) is 23.7 Å². The molecule has 0 amide bonds. The highest BCUT2D eigenvalue weighted by molar-refractivity contribution is 6.30. The highest BCUT2D eigenvalue weighted by atomic mass is 35.5. The van der Waals surface area contributed by atoms with E-state index < -0.39 is 11.9 Å². The molecular weight excluding hydrogens is 324 g/mol. The van der Waals surface area contributed by atoms with Crippen molar-refractivity contribution >= 4 is 29.6 Å². The summed E-state index contributed by atoms with van der Waals surface area (Å²) in [5.41, 5.74) is 0.446. The zero-order chi connectivity index (χ0) is 16.5. The molecule has 0 N–H and O–H groups in total. The molecule has 1 aromatic rings. The molecule has 0 aromatic heterocycles. The van der Waals surface area contributed by atoms with E-state index in [1.807, 2.05) is 0 Å². The number of benzene rings is 1. The van der Waals surface area contributed by atoms with E-state index in [0.717, 1.165) is 0 Å². The largest absolute Gasteiger partial charge is 0.459 e. The lowest BCUT2D eigenvalue weighted by Crippen LogP contribution is -2.20. The summed E-state index contributed by atoms with van der Waals surface area (Å²) >= 11 is 5.82. The lowest BCUT2D eigenvalue weighted by Gasteiger charge is -2.08. The average Bonchev–Trinajstić information content (AvgIpc) is 2.56. The minimum absolute atomic E-state index is 0.0457. The lowest BCUT2D eigenvalue weighted by atomic mass is 10.1. The Hall–Kier alpha value is -1.89. The first-order valence-electron chi connectivity index (χ1n) is 7.14. The van der Waals surface area contributed by atoms with Gasteiger partial charge in [-0.15, -0.1) is 0 Å². The molecule has 1 saturated heterocycles. The Morgan fingerprint density at radius 3 is 1.78 bits per heavy atom. The molecule has 0 radical (unpaired) electrons. The third-order valence-corrected chi connectivity index (χ3v) is 3.17. The Morgan fingerprint density at radius 1 is 0.783 bits per heavy atom. The highest BCUT2D eigenvalue weighted by Crippen LogP contribution is 2.14. The van der Waals surface area contributed by atoms with Crippen molar-refractivity contribution in [2.24, 2.45) is 0 Å². The molecule has 124 valence electrons. The van der Waals surface area contributed by atoms with Gasteiger partial charge in [0.15, 0.2) is 0 Å². The predicted molar refractivity (Wildman–Crippen MR) is 83.0 cm³/mol. The number of hydrogen-bond acceptors (Lipinski definition) is 6. The van der Waals surface area contributed by atoms with Crippen LogP contribution in [0.1, 0.15) is 5.56 Å². The Kier molecular flexibility index (Phi) is 7.06. The fraction of sp³-hybridized carbons (Fsp3) is 0.375. The van der Waals surface area contributed by atoms with Crippen LogP contribution in [0.5, 0.6) is 0 Å². The van der Waals surface area contributed by atoms with E-state index in [-0.39, 0.29) is 32.0 Å². The number of halogens is 1. The van der Waals surface area contributed by atoms with Crippen molar-refractivity contribution in [3.8, 4) is 0 Å². The standard InChI is InChI=1S/C16H17ClO6/c17-13-3-1-12(2-4-13)11-14-15(18)22-9-7-20-5-6-21-8-10-23-16(14)19/h1-4,11H,5-10H2. The first-order valence-corrected chi connectivity index (χ1v) is 7.51. The van der Waals surface area contributed by atoms with Crippen LogP contribution in [0.15, 0.2) is 29.8 Å². The van der Waals surface area contributed by atoms with Crippen LogP contribution in [0, 0.1) is 0 Å². The summed E-state index contributed by atoms with van der Waals surface area (Å²) in [4.78, 5) is 24.2. The zero-order valence-corrected chi connectivity index (χ0v) is 13.2. The van der Waals surface area contributed by atoms with Crippen molar-refractivity contribution in [2.75, 3.05) is 39.6 Å². The molecule has 0 saturated carbocycles. The van der Waals surface area contributed by atoms with Gasteiger partial charge >= 0.3 is 11.9 Å². The van der Waals surface area contributed by atoms with Crippen molar-refractivity contribution in [2.45, 2.75) is 0 Å². The molecule has 2 rings (SSSR count). The van der Waals surface area contributed by atoms with Crippen LogP contribution in [-0.2, 0) is 28.5 Å². The molecule has 0 unspecified atom stereocenters. The van der Waals surface area contributed by atoms with E-state index >= 15 is 0 Å². The molecule has 1 aromatic carbocycles. The number of hydrogen-bond donors (Lipinski definition) is 0. The average molecular weight is 341 g/mol. The van der Waals surface area contributed by atoms with Gasteiger partial charge in [0.2, 0.25) is 0 Å². The van der Waals surface area contributed by atoms with Gasteiger partial charge in [-0.25, -0.2) is 9.59 Å². The number of carbonyl (C=O) groups is 2. The zero-order valence-electron chi connectivity index (χ0n) is 12.5. The Balaban J connectivity index is 2.16. The van der Waals surface area contributed by atoms with Gasteiger partial charge in [0.25, 0.3) is 0 Å². The maximum absolute atomic E-state index is 12.1. The molecule has 0 spiro atoms. The molecule has 1 heterocycles. The second-order valence-corrected chi connectivity index (χ2v) is 5.04. The summed E-state index contributed by atoms with van der Waals surface area (Å²) in [5, 5.41) is 0.557. The number of cyclic esters (lactones) is 2. The van der Waals surface area contributed by atoms with E-state index in [9.17, 15) is 9.59 Å². The van der Waals surface area contributed by atoms with Crippen molar-refractivity contribution in [3.05, 3.63) is 40.4 Å². The Morgan fingerprint density at radius 2 is 1.26 bits per heavy atom. The van der Waals surface area contributed by atoms with Crippen LogP contribution in [0.25, 0.3) is 6.08 Å². The molecule has 1 fully saturated rings. The summed E-state index contributed by atoms with van der Waals surface area (Å²) in [6, 6.07) is 6.68. The molecule has 1 aliphatic rings. The van der Waals surface area contributed by atoms with Crippen molar-refractivity contribution in [1.29, 1.82) is 0 Å². The van der Waals surface area contributed by atoms with Crippen LogP contribution in [0.4, 0.5) is 0 Å². The molecule has 0 aliphatic carbocycles. The first-order chi connectivity index (χ1) is 11.2. The van der Waals surface area contributed by atoms with E-state index in [0.29, 0.717) is 23.8 Å². The molecule has 0 bridgehead atoms. The molecule has 23 heavy (non-hydrogen) atoms. The minimum atomic E-state index is -0.756. The molecule has 0 atom stereocenters. The van der Waals surface area contributed by atoms with Gasteiger partial charge < -0.3 is 18.9 Å². The maximum atomic E-state index is 12.1. The fourth-order valence-corrected chi connectivity index (χ4v) is 1.92. The summed E-state index contributed by atoms with van der Waals surface area (Å²) in [6.45, 7) is 1.34. The monoisotopic (exact) mass is 340 g/mol. The normalized spacial score (nSPS) is 18.0. The van der Waals surface area contributed by atoms with E-state index in [4.69, 9.17) is 30.5 Å². The van der Waals surface area contributed by atoms with Crippen LogP contribution in [0.2, 0.25) is 5.02 Å². The molecule has 7 heteroatoms. The first kappa shape index (κ1) is 17.5. The number of ether oxygens (including phenoxy) is 4. The van der Waals surface area contributed by atoms with Gasteiger partial charge in [0, 0.05) is 5.02 Å². The van der Waals surface area contributed by atoms with Gasteiger partial charge in [-0.05, 0) is 23.8 Å². The Labute approximate surface area is 138 Å². The van der Waals surface area contributed by atoms with Gasteiger partial charge in [0.05, 0.1) is 26.4 Å². The number of rotatable bonds is 1. The van der Waals surface area contributed by atoms with Gasteiger partial charge in [-0.3, -0.25) is 0 Å². The smallest absolute Gasteiger partial charge is 0.345 e. The van der Waals surface area contributed by atoms with Crippen LogP contribution >= 0.6 is 11.6 Å². The second kappa shape index (κ2) is 9.29. The van der Waals surface area contributed by atoms with Crippen molar-refractivity contribution < 1.29 is 28.5 Å². The minimum Gasteiger partial charge on any atom is -0.459 e. The summed E-state index contributed by atoms with van der Waals surface area (Å²) in [7, 11) is 0. The SMILES string of the molecule is O=C1OCCOCCOCCOC(=O)C1=Cc1ccc(Cl)cc1. The molecule has 1 aliphatic heterocycles. The second-order valence-electron chi connectivity index (χ2n) is 4.61. The topological polar surface area (TPSA) is 71.1 Å². The Bertz CT molecular complexity index is 540. The van der Waals surface area contributed by atoms with Crippen LogP contribution < -0.4 is 0 Å². The number of carbonyl (C=O) groups excluding carboxylic acids is 2. The lowest BCUT2D eigenvalue weighted by molar-refractivity contribution is -0.147. The maximum Gasteiger partial charge on any atom is 0.345 e.